The Kier molecular flexibility index (Phi) is 4.40. The molecule has 2 N–H and O–H groups in total. The summed E-state index contributed by atoms with van der Waals surface area (Å²) in [6.07, 6.45) is 4.05. The Bertz CT molecular complexity index is 419. The monoisotopic (exact) mass is 268 g/mol. The van der Waals surface area contributed by atoms with E-state index in [-0.39, 0.29) is 11.7 Å². The maximum atomic E-state index is 14.1. The van der Waals surface area contributed by atoms with Crippen molar-refractivity contribution in [2.75, 3.05) is 18.5 Å². The highest BCUT2D eigenvalue weighted by molar-refractivity contribution is 5.50. The molecule has 4 heteroatoms. The van der Waals surface area contributed by atoms with Crippen molar-refractivity contribution in [3.05, 3.63) is 29.3 Å². The van der Waals surface area contributed by atoms with E-state index in [0.717, 1.165) is 19.4 Å². The highest BCUT2D eigenvalue weighted by atomic mass is 19.1. The summed E-state index contributed by atoms with van der Waals surface area (Å²) in [5, 5.41) is 0. The van der Waals surface area contributed by atoms with Crippen molar-refractivity contribution < 1.29 is 8.78 Å². The zero-order chi connectivity index (χ0) is 14.0. The first-order chi connectivity index (χ1) is 8.97. The molecule has 2 nitrogen and oxygen atoms in total. The maximum absolute atomic E-state index is 14.1. The van der Waals surface area contributed by atoms with Gasteiger partial charge in [-0.3, -0.25) is 0 Å². The number of benzene rings is 1. The summed E-state index contributed by atoms with van der Waals surface area (Å²) in [6.45, 7) is 2.55. The Morgan fingerprint density at radius 1 is 1.32 bits per heavy atom. The van der Waals surface area contributed by atoms with Crippen molar-refractivity contribution in [3.63, 3.8) is 0 Å². The van der Waals surface area contributed by atoms with Gasteiger partial charge in [-0.2, -0.15) is 0 Å². The van der Waals surface area contributed by atoms with E-state index in [0.29, 0.717) is 17.9 Å². The molecule has 1 saturated carbocycles. The van der Waals surface area contributed by atoms with Crippen LogP contribution in [0.1, 0.15) is 31.7 Å². The van der Waals surface area contributed by atoms with Crippen LogP contribution >= 0.6 is 0 Å². The second-order valence-electron chi connectivity index (χ2n) is 5.77. The molecule has 2 rings (SSSR count). The molecule has 0 aromatic heterocycles. The van der Waals surface area contributed by atoms with Crippen molar-refractivity contribution in [1.29, 1.82) is 0 Å². The summed E-state index contributed by atoms with van der Waals surface area (Å²) in [5.74, 6) is -0.400. The molecule has 0 aliphatic heterocycles. The number of anilines is 1. The maximum Gasteiger partial charge on any atom is 0.149 e. The lowest BCUT2D eigenvalue weighted by Crippen LogP contribution is -2.30. The van der Waals surface area contributed by atoms with Crippen LogP contribution < -0.4 is 10.6 Å². The minimum absolute atomic E-state index is 0.0836. The molecule has 19 heavy (non-hydrogen) atoms. The van der Waals surface area contributed by atoms with E-state index in [9.17, 15) is 8.78 Å². The summed E-state index contributed by atoms with van der Waals surface area (Å²) >= 11 is 0. The lowest BCUT2D eigenvalue weighted by atomic mass is 9.85. The molecule has 0 spiro atoms. The van der Waals surface area contributed by atoms with Crippen LogP contribution in [0.4, 0.5) is 14.5 Å². The van der Waals surface area contributed by atoms with Crippen LogP contribution in [0.15, 0.2) is 12.1 Å². The zero-order valence-corrected chi connectivity index (χ0v) is 11.6. The van der Waals surface area contributed by atoms with Crippen molar-refractivity contribution >= 4 is 5.69 Å². The van der Waals surface area contributed by atoms with Gasteiger partial charge in [-0.1, -0.05) is 6.42 Å². The molecule has 106 valence electrons. The molecule has 1 fully saturated rings. The van der Waals surface area contributed by atoms with Crippen molar-refractivity contribution in [2.24, 2.45) is 11.7 Å². The first kappa shape index (κ1) is 14.3. The van der Waals surface area contributed by atoms with E-state index >= 15 is 0 Å². The summed E-state index contributed by atoms with van der Waals surface area (Å²) < 4.78 is 28.1. The second-order valence-corrected chi connectivity index (χ2v) is 5.77. The van der Waals surface area contributed by atoms with E-state index < -0.39 is 11.6 Å². The van der Waals surface area contributed by atoms with E-state index in [4.69, 9.17) is 5.73 Å². The molecule has 1 aliphatic carbocycles. The van der Waals surface area contributed by atoms with Crippen LogP contribution in [0.3, 0.4) is 0 Å². The lowest BCUT2D eigenvalue weighted by molar-refractivity contribution is 0.320. The van der Waals surface area contributed by atoms with Gasteiger partial charge in [0.25, 0.3) is 0 Å². The van der Waals surface area contributed by atoms with Crippen molar-refractivity contribution in [1.82, 2.24) is 0 Å². The van der Waals surface area contributed by atoms with E-state index in [1.165, 1.54) is 18.6 Å². The minimum atomic E-state index is -0.488. The topological polar surface area (TPSA) is 29.3 Å². The van der Waals surface area contributed by atoms with E-state index in [1.807, 2.05) is 6.92 Å². The van der Waals surface area contributed by atoms with Gasteiger partial charge in [-0.25, -0.2) is 8.78 Å². The van der Waals surface area contributed by atoms with Crippen LogP contribution in [0.2, 0.25) is 0 Å². The number of hydrogen-bond donors (Lipinski definition) is 1. The third-order valence-electron chi connectivity index (χ3n) is 3.77. The Labute approximate surface area is 113 Å². The van der Waals surface area contributed by atoms with E-state index in [1.54, 1.807) is 11.9 Å². The lowest BCUT2D eigenvalue weighted by Gasteiger charge is -2.31. The van der Waals surface area contributed by atoms with Crippen LogP contribution in [0, 0.1) is 17.6 Å². The molecule has 0 bridgehead atoms. The molecular formula is C15H22F2N2. The van der Waals surface area contributed by atoms with Gasteiger partial charge in [0, 0.05) is 19.6 Å². The quantitative estimate of drug-likeness (QED) is 0.889. The average molecular weight is 268 g/mol. The minimum Gasteiger partial charge on any atom is -0.370 e. The molecule has 1 aromatic carbocycles. The van der Waals surface area contributed by atoms with Gasteiger partial charge in [0.2, 0.25) is 0 Å². The zero-order valence-electron chi connectivity index (χ0n) is 11.6. The fourth-order valence-electron chi connectivity index (χ4n) is 2.63. The van der Waals surface area contributed by atoms with Gasteiger partial charge in [0.15, 0.2) is 0 Å². The first-order valence-corrected chi connectivity index (χ1v) is 6.92. The number of rotatable bonds is 5. The molecule has 1 aliphatic rings. The van der Waals surface area contributed by atoms with Gasteiger partial charge < -0.3 is 10.6 Å². The molecule has 0 amide bonds. The Balaban J connectivity index is 2.15. The Hall–Kier alpha value is -1.16. The average Bonchev–Trinajstić information content (AvgIpc) is 2.21. The Morgan fingerprint density at radius 2 is 1.89 bits per heavy atom. The van der Waals surface area contributed by atoms with Crippen LogP contribution in [-0.2, 0) is 6.42 Å². The summed E-state index contributed by atoms with van der Waals surface area (Å²) in [6, 6.07) is 2.70. The summed E-state index contributed by atoms with van der Waals surface area (Å²) in [5.41, 5.74) is 6.36. The summed E-state index contributed by atoms with van der Waals surface area (Å²) in [7, 11) is 1.76. The summed E-state index contributed by atoms with van der Waals surface area (Å²) in [4.78, 5) is 1.70. The smallest absolute Gasteiger partial charge is 0.149 e. The number of nitrogens with two attached hydrogens (primary N) is 1. The van der Waals surface area contributed by atoms with Crippen LogP contribution in [0.5, 0.6) is 0 Å². The Morgan fingerprint density at radius 3 is 2.32 bits per heavy atom. The predicted molar refractivity (Wildman–Crippen MR) is 74.3 cm³/mol. The highest BCUT2D eigenvalue weighted by Crippen LogP contribution is 2.31. The third-order valence-corrected chi connectivity index (χ3v) is 3.77. The standard InChI is InChI=1S/C15H22F2N2/c1-10(18)6-12-7-13(16)15(14(17)8-12)19(2)9-11-4-3-5-11/h7-8,10-11H,3-6,9,18H2,1-2H3. The number of halogens is 2. The molecule has 0 heterocycles. The van der Waals surface area contributed by atoms with Crippen molar-refractivity contribution in [3.8, 4) is 0 Å². The van der Waals surface area contributed by atoms with E-state index in [2.05, 4.69) is 0 Å². The second kappa shape index (κ2) is 5.87. The van der Waals surface area contributed by atoms with Crippen LogP contribution in [0.25, 0.3) is 0 Å². The SMILES string of the molecule is CC(N)Cc1cc(F)c(N(C)CC2CCC2)c(F)c1. The largest absolute Gasteiger partial charge is 0.370 e. The molecule has 1 atom stereocenters. The van der Waals surface area contributed by atoms with Crippen molar-refractivity contribution in [2.45, 2.75) is 38.6 Å². The fourth-order valence-corrected chi connectivity index (χ4v) is 2.63. The molecule has 1 aromatic rings. The van der Waals surface area contributed by atoms with Gasteiger partial charge in [0.05, 0.1) is 0 Å². The first-order valence-electron chi connectivity index (χ1n) is 6.92. The third kappa shape index (κ3) is 3.44. The van der Waals surface area contributed by atoms with Crippen LogP contribution in [-0.4, -0.2) is 19.6 Å². The molecule has 0 saturated heterocycles. The number of hydrogen-bond acceptors (Lipinski definition) is 2. The van der Waals surface area contributed by atoms with Gasteiger partial charge in [0.1, 0.15) is 17.3 Å². The van der Waals surface area contributed by atoms with Gasteiger partial charge >= 0.3 is 0 Å². The normalized spacial score (nSPS) is 17.1. The molecule has 1 unspecified atom stereocenters. The number of nitrogens with zero attached hydrogens (tertiary/aromatic N) is 1. The fraction of sp³-hybridized carbons (Fsp3) is 0.600. The predicted octanol–water partition coefficient (Wildman–Crippen LogP) is 3.09. The van der Waals surface area contributed by atoms with Gasteiger partial charge in [-0.15, -0.1) is 0 Å². The molecular weight excluding hydrogens is 246 g/mol. The molecule has 0 radical (unpaired) electrons. The van der Waals surface area contributed by atoms with Gasteiger partial charge in [-0.05, 0) is 49.8 Å². The highest BCUT2D eigenvalue weighted by Gasteiger charge is 2.22.